The van der Waals surface area contributed by atoms with Crippen molar-refractivity contribution in [3.8, 4) is 0 Å². The number of aryl methyl sites for hydroxylation is 1. The van der Waals surface area contributed by atoms with Gasteiger partial charge in [0.05, 0.1) is 12.1 Å². The van der Waals surface area contributed by atoms with E-state index in [1.54, 1.807) is 11.0 Å². The lowest BCUT2D eigenvalue weighted by molar-refractivity contribution is 0.661. The Balaban J connectivity index is 2.08. The summed E-state index contributed by atoms with van der Waals surface area (Å²) in [6.07, 6.45) is 4.54. The zero-order chi connectivity index (χ0) is 15.0. The third-order valence-electron chi connectivity index (χ3n) is 3.59. The van der Waals surface area contributed by atoms with Crippen molar-refractivity contribution in [3.05, 3.63) is 47.1 Å². The summed E-state index contributed by atoms with van der Waals surface area (Å²) in [6, 6.07) is 6.08. The molecular formula is C15H18ClN5. The Bertz CT molecular complexity index is 772. The molecule has 0 spiro atoms. The largest absolute Gasteiger partial charge is 0.340 e. The van der Waals surface area contributed by atoms with Crippen LogP contribution in [0.3, 0.4) is 0 Å². The van der Waals surface area contributed by atoms with Crippen LogP contribution in [0.15, 0.2) is 30.7 Å². The first kappa shape index (κ1) is 14.1. The first-order valence-corrected chi connectivity index (χ1v) is 7.28. The van der Waals surface area contributed by atoms with E-state index < -0.39 is 0 Å². The minimum atomic E-state index is 0.120. The standard InChI is InChI=1S/C15H18ClN5/c1-10(17)5-11-7-21(8-15-18-9-19-20(15)2)14-6-12(16)3-4-13(11)14/h3-4,6-7,9-10H,5,8,17H2,1-2H3. The average molecular weight is 304 g/mol. The summed E-state index contributed by atoms with van der Waals surface area (Å²) in [5.74, 6) is 0.902. The van der Waals surface area contributed by atoms with Gasteiger partial charge in [0.2, 0.25) is 0 Å². The van der Waals surface area contributed by atoms with Crippen LogP contribution >= 0.6 is 11.6 Å². The van der Waals surface area contributed by atoms with Gasteiger partial charge >= 0.3 is 0 Å². The van der Waals surface area contributed by atoms with Crippen molar-refractivity contribution in [3.63, 3.8) is 0 Å². The number of nitrogens with zero attached hydrogens (tertiary/aromatic N) is 4. The van der Waals surface area contributed by atoms with E-state index in [0.717, 1.165) is 22.8 Å². The fourth-order valence-corrected chi connectivity index (χ4v) is 2.76. The van der Waals surface area contributed by atoms with Gasteiger partial charge in [0, 0.05) is 29.7 Å². The van der Waals surface area contributed by atoms with Gasteiger partial charge in [0.1, 0.15) is 12.2 Å². The zero-order valence-corrected chi connectivity index (χ0v) is 12.9. The predicted octanol–water partition coefficient (Wildman–Crippen LogP) is 2.36. The molecule has 2 N–H and O–H groups in total. The first-order valence-electron chi connectivity index (χ1n) is 6.90. The topological polar surface area (TPSA) is 61.7 Å². The van der Waals surface area contributed by atoms with Gasteiger partial charge < -0.3 is 10.3 Å². The molecule has 1 unspecified atom stereocenters. The fraction of sp³-hybridized carbons (Fsp3) is 0.333. The van der Waals surface area contributed by atoms with Crippen molar-refractivity contribution in [1.82, 2.24) is 19.3 Å². The van der Waals surface area contributed by atoms with Crippen LogP contribution in [0, 0.1) is 0 Å². The van der Waals surface area contributed by atoms with E-state index in [9.17, 15) is 0 Å². The third kappa shape index (κ3) is 2.80. The molecule has 3 aromatic rings. The maximum absolute atomic E-state index is 6.15. The van der Waals surface area contributed by atoms with Crippen LogP contribution < -0.4 is 5.73 Å². The lowest BCUT2D eigenvalue weighted by Crippen LogP contribution is -2.17. The van der Waals surface area contributed by atoms with E-state index in [-0.39, 0.29) is 6.04 Å². The Kier molecular flexibility index (Phi) is 3.69. The van der Waals surface area contributed by atoms with Crippen molar-refractivity contribution >= 4 is 22.5 Å². The average Bonchev–Trinajstić information content (AvgIpc) is 2.95. The smallest absolute Gasteiger partial charge is 0.146 e. The van der Waals surface area contributed by atoms with Crippen LogP contribution in [0.1, 0.15) is 18.3 Å². The molecule has 0 radical (unpaired) electrons. The summed E-state index contributed by atoms with van der Waals surface area (Å²) in [4.78, 5) is 4.28. The summed E-state index contributed by atoms with van der Waals surface area (Å²) in [7, 11) is 1.89. The fourth-order valence-electron chi connectivity index (χ4n) is 2.60. The van der Waals surface area contributed by atoms with Gasteiger partial charge in [0.15, 0.2) is 0 Å². The molecule has 1 aromatic carbocycles. The van der Waals surface area contributed by atoms with Gasteiger partial charge in [-0.1, -0.05) is 17.7 Å². The van der Waals surface area contributed by atoms with Crippen molar-refractivity contribution in [2.45, 2.75) is 25.9 Å². The maximum Gasteiger partial charge on any atom is 0.146 e. The van der Waals surface area contributed by atoms with Crippen molar-refractivity contribution in [2.24, 2.45) is 12.8 Å². The number of hydrogen-bond acceptors (Lipinski definition) is 3. The second-order valence-electron chi connectivity index (χ2n) is 5.42. The van der Waals surface area contributed by atoms with E-state index in [0.29, 0.717) is 6.54 Å². The molecular weight excluding hydrogens is 286 g/mol. The highest BCUT2D eigenvalue weighted by atomic mass is 35.5. The van der Waals surface area contributed by atoms with Crippen molar-refractivity contribution in [1.29, 1.82) is 0 Å². The quantitative estimate of drug-likeness (QED) is 0.805. The molecule has 0 bridgehead atoms. The number of hydrogen-bond donors (Lipinski definition) is 1. The predicted molar refractivity (Wildman–Crippen MR) is 84.4 cm³/mol. The highest BCUT2D eigenvalue weighted by molar-refractivity contribution is 6.31. The molecule has 0 aliphatic rings. The van der Waals surface area contributed by atoms with E-state index in [2.05, 4.69) is 26.9 Å². The lowest BCUT2D eigenvalue weighted by Gasteiger charge is -2.04. The second kappa shape index (κ2) is 5.50. The van der Waals surface area contributed by atoms with Crippen LogP contribution in [0.25, 0.3) is 10.9 Å². The molecule has 3 rings (SSSR count). The van der Waals surface area contributed by atoms with Gasteiger partial charge in [-0.15, -0.1) is 0 Å². The second-order valence-corrected chi connectivity index (χ2v) is 5.86. The van der Waals surface area contributed by atoms with Gasteiger partial charge in [-0.2, -0.15) is 5.10 Å². The molecule has 21 heavy (non-hydrogen) atoms. The van der Waals surface area contributed by atoms with Crippen molar-refractivity contribution < 1.29 is 0 Å². The van der Waals surface area contributed by atoms with Crippen LogP contribution in [0.4, 0.5) is 0 Å². The highest BCUT2D eigenvalue weighted by Gasteiger charge is 2.12. The molecule has 5 nitrogen and oxygen atoms in total. The number of nitrogens with two attached hydrogens (primary N) is 1. The summed E-state index contributed by atoms with van der Waals surface area (Å²) < 4.78 is 3.94. The van der Waals surface area contributed by atoms with Crippen LogP contribution in [0.2, 0.25) is 5.02 Å². The maximum atomic E-state index is 6.15. The van der Waals surface area contributed by atoms with Gasteiger partial charge in [0.25, 0.3) is 0 Å². The van der Waals surface area contributed by atoms with Crippen LogP contribution in [-0.2, 0) is 20.0 Å². The summed E-state index contributed by atoms with van der Waals surface area (Å²) in [6.45, 7) is 2.67. The Labute approximate surface area is 128 Å². The molecule has 0 saturated heterocycles. The molecule has 0 fully saturated rings. The number of halogens is 1. The number of fused-ring (bicyclic) bond motifs is 1. The van der Waals surface area contributed by atoms with Gasteiger partial charge in [-0.25, -0.2) is 4.98 Å². The lowest BCUT2D eigenvalue weighted by atomic mass is 10.1. The van der Waals surface area contributed by atoms with E-state index in [1.807, 2.05) is 26.1 Å². The molecule has 2 heterocycles. The molecule has 0 aliphatic carbocycles. The van der Waals surface area contributed by atoms with E-state index in [1.165, 1.54) is 10.9 Å². The molecule has 0 aliphatic heterocycles. The van der Waals surface area contributed by atoms with Crippen LogP contribution in [0.5, 0.6) is 0 Å². The van der Waals surface area contributed by atoms with Crippen molar-refractivity contribution in [2.75, 3.05) is 0 Å². The summed E-state index contributed by atoms with van der Waals surface area (Å²) in [5, 5.41) is 6.03. The minimum absolute atomic E-state index is 0.120. The normalized spacial score (nSPS) is 13.0. The monoisotopic (exact) mass is 303 g/mol. The van der Waals surface area contributed by atoms with Gasteiger partial charge in [-0.05, 0) is 31.0 Å². The number of benzene rings is 1. The molecule has 0 amide bonds. The van der Waals surface area contributed by atoms with Crippen LogP contribution in [-0.4, -0.2) is 25.4 Å². The van der Waals surface area contributed by atoms with E-state index >= 15 is 0 Å². The SMILES string of the molecule is CC(N)Cc1cn(Cc2ncnn2C)c2cc(Cl)ccc12. The van der Waals surface area contributed by atoms with Gasteiger partial charge in [-0.3, -0.25) is 4.68 Å². The minimum Gasteiger partial charge on any atom is -0.340 e. The number of rotatable bonds is 4. The highest BCUT2D eigenvalue weighted by Crippen LogP contribution is 2.26. The van der Waals surface area contributed by atoms with E-state index in [4.69, 9.17) is 17.3 Å². The Morgan fingerprint density at radius 2 is 2.19 bits per heavy atom. The molecule has 6 heteroatoms. The molecule has 110 valence electrons. The molecule has 1 atom stereocenters. The molecule has 0 saturated carbocycles. The Morgan fingerprint density at radius 1 is 1.38 bits per heavy atom. The number of aromatic nitrogens is 4. The first-order chi connectivity index (χ1) is 10.0. The summed E-state index contributed by atoms with van der Waals surface area (Å²) in [5.41, 5.74) is 8.29. The summed E-state index contributed by atoms with van der Waals surface area (Å²) >= 11 is 6.15. The third-order valence-corrected chi connectivity index (χ3v) is 3.82. The zero-order valence-electron chi connectivity index (χ0n) is 12.1. The Hall–Kier alpha value is -1.85. The Morgan fingerprint density at radius 3 is 2.86 bits per heavy atom. The molecule has 2 aromatic heterocycles.